The number of amides is 1. The van der Waals surface area contributed by atoms with Gasteiger partial charge in [-0.3, -0.25) is 9.78 Å². The first-order valence-corrected chi connectivity index (χ1v) is 12.3. The number of hydrogen-bond donors (Lipinski definition) is 1. The van der Waals surface area contributed by atoms with Crippen LogP contribution < -0.4 is 14.8 Å². The van der Waals surface area contributed by atoms with Crippen molar-refractivity contribution in [1.82, 2.24) is 24.5 Å². The van der Waals surface area contributed by atoms with Crippen molar-refractivity contribution < 1.29 is 14.3 Å². The van der Waals surface area contributed by atoms with E-state index in [0.717, 1.165) is 59.0 Å². The van der Waals surface area contributed by atoms with E-state index in [0.29, 0.717) is 25.3 Å². The molecule has 1 amide bonds. The molecule has 9 heteroatoms. The van der Waals surface area contributed by atoms with Gasteiger partial charge >= 0.3 is 0 Å². The van der Waals surface area contributed by atoms with E-state index in [1.54, 1.807) is 6.20 Å². The van der Waals surface area contributed by atoms with Gasteiger partial charge < -0.3 is 19.7 Å². The Morgan fingerprint density at radius 3 is 2.94 bits per heavy atom. The van der Waals surface area contributed by atoms with E-state index in [4.69, 9.17) is 14.5 Å². The number of anilines is 1. The van der Waals surface area contributed by atoms with Crippen molar-refractivity contribution in [3.05, 3.63) is 77.4 Å². The number of piperidine rings is 1. The summed E-state index contributed by atoms with van der Waals surface area (Å²) >= 11 is 0. The third kappa shape index (κ3) is 4.44. The van der Waals surface area contributed by atoms with E-state index in [1.165, 1.54) is 0 Å². The zero-order valence-electron chi connectivity index (χ0n) is 20.2. The summed E-state index contributed by atoms with van der Waals surface area (Å²) in [7, 11) is 0. The van der Waals surface area contributed by atoms with Crippen LogP contribution in [0, 0.1) is 6.92 Å². The van der Waals surface area contributed by atoms with Crippen LogP contribution in [0.3, 0.4) is 0 Å². The Morgan fingerprint density at radius 2 is 2.06 bits per heavy atom. The molecule has 1 atom stereocenters. The van der Waals surface area contributed by atoms with E-state index >= 15 is 0 Å². The summed E-state index contributed by atoms with van der Waals surface area (Å²) in [6, 6.07) is 11.8. The van der Waals surface area contributed by atoms with Gasteiger partial charge in [0.25, 0.3) is 0 Å². The number of nitrogens with one attached hydrogen (secondary N) is 1. The van der Waals surface area contributed by atoms with Gasteiger partial charge in [0.15, 0.2) is 17.1 Å². The second kappa shape index (κ2) is 9.49. The van der Waals surface area contributed by atoms with Crippen LogP contribution in [0.5, 0.6) is 11.5 Å². The van der Waals surface area contributed by atoms with E-state index in [1.807, 2.05) is 59.1 Å². The van der Waals surface area contributed by atoms with Crippen LogP contribution in [0.2, 0.25) is 0 Å². The fraction of sp³-hybridized carbons (Fsp3) is 0.333. The van der Waals surface area contributed by atoms with Crippen LogP contribution >= 0.6 is 0 Å². The van der Waals surface area contributed by atoms with Gasteiger partial charge in [-0.05, 0) is 49.1 Å². The number of hydrogen-bond acceptors (Lipinski definition) is 7. The molecule has 0 spiro atoms. The molecule has 5 heterocycles. The summed E-state index contributed by atoms with van der Waals surface area (Å²) in [5.74, 6) is 2.61. The number of aromatic nitrogens is 4. The number of carbonyl (C=O) groups is 1. The first-order valence-electron chi connectivity index (χ1n) is 12.3. The molecule has 1 fully saturated rings. The van der Waals surface area contributed by atoms with E-state index < -0.39 is 0 Å². The molecule has 6 rings (SSSR count). The van der Waals surface area contributed by atoms with E-state index in [9.17, 15) is 4.79 Å². The number of benzene rings is 1. The molecule has 0 saturated carbocycles. The van der Waals surface area contributed by atoms with Gasteiger partial charge in [0, 0.05) is 49.6 Å². The molecule has 184 valence electrons. The van der Waals surface area contributed by atoms with Crippen LogP contribution in [0.4, 0.5) is 5.82 Å². The number of pyridine rings is 1. The summed E-state index contributed by atoms with van der Waals surface area (Å²) in [6.45, 7) is 4.30. The molecule has 1 saturated heterocycles. The Kier molecular flexibility index (Phi) is 5.88. The average Bonchev–Trinajstić information content (AvgIpc) is 3.54. The van der Waals surface area contributed by atoms with Gasteiger partial charge in [-0.1, -0.05) is 12.1 Å². The normalized spacial score (nSPS) is 16.9. The van der Waals surface area contributed by atoms with Gasteiger partial charge in [0.05, 0.1) is 18.3 Å². The minimum Gasteiger partial charge on any atom is -0.454 e. The lowest BCUT2D eigenvalue weighted by Crippen LogP contribution is -2.40. The lowest BCUT2D eigenvalue weighted by atomic mass is 9.94. The second-order valence-corrected chi connectivity index (χ2v) is 9.39. The minimum atomic E-state index is 0.120. The molecule has 4 aromatic rings. The Bertz CT molecular complexity index is 1400. The molecule has 2 aliphatic rings. The maximum Gasteiger partial charge on any atom is 0.231 e. The highest BCUT2D eigenvalue weighted by Gasteiger charge is 2.27. The number of rotatable bonds is 6. The largest absolute Gasteiger partial charge is 0.454 e. The molecule has 0 bridgehead atoms. The Labute approximate surface area is 209 Å². The number of likely N-dealkylation sites (tertiary alicyclic amines) is 1. The summed E-state index contributed by atoms with van der Waals surface area (Å²) in [4.78, 5) is 24.3. The third-order valence-electron chi connectivity index (χ3n) is 6.85. The summed E-state index contributed by atoms with van der Waals surface area (Å²) in [5, 5.41) is 8.03. The molecule has 1 N–H and O–H groups in total. The Balaban J connectivity index is 1.20. The van der Waals surface area contributed by atoms with Crippen LogP contribution in [0.15, 0.2) is 55.0 Å². The molecule has 1 unspecified atom stereocenters. The Morgan fingerprint density at radius 1 is 1.14 bits per heavy atom. The van der Waals surface area contributed by atoms with Crippen LogP contribution in [0.25, 0.3) is 5.65 Å². The number of nitrogens with zero attached hydrogens (tertiary/aromatic N) is 5. The van der Waals surface area contributed by atoms with Gasteiger partial charge in [0.2, 0.25) is 12.7 Å². The predicted octanol–water partition coefficient (Wildman–Crippen LogP) is 3.72. The quantitative estimate of drug-likeness (QED) is 0.446. The Hall–Kier alpha value is -4.14. The fourth-order valence-electron chi connectivity index (χ4n) is 4.90. The molecular formula is C27H28N6O3. The van der Waals surface area contributed by atoms with Gasteiger partial charge in [-0.25, -0.2) is 4.98 Å². The topological polar surface area (TPSA) is 93.9 Å². The summed E-state index contributed by atoms with van der Waals surface area (Å²) in [6.07, 6.45) is 7.74. The van der Waals surface area contributed by atoms with Crippen LogP contribution in [-0.4, -0.2) is 50.3 Å². The monoisotopic (exact) mass is 484 g/mol. The first kappa shape index (κ1) is 22.3. The van der Waals surface area contributed by atoms with E-state index in [2.05, 4.69) is 21.5 Å². The third-order valence-corrected chi connectivity index (χ3v) is 6.85. The van der Waals surface area contributed by atoms with Gasteiger partial charge in [-0.15, -0.1) is 0 Å². The number of ether oxygens (including phenoxy) is 2. The van der Waals surface area contributed by atoms with Crippen LogP contribution in [-0.2, 0) is 17.8 Å². The first-order chi connectivity index (χ1) is 17.6. The molecule has 36 heavy (non-hydrogen) atoms. The molecular weight excluding hydrogens is 456 g/mol. The van der Waals surface area contributed by atoms with Crippen molar-refractivity contribution in [1.29, 1.82) is 0 Å². The summed E-state index contributed by atoms with van der Waals surface area (Å²) < 4.78 is 12.7. The van der Waals surface area contributed by atoms with E-state index in [-0.39, 0.29) is 18.6 Å². The van der Waals surface area contributed by atoms with Gasteiger partial charge in [0.1, 0.15) is 5.82 Å². The van der Waals surface area contributed by atoms with Crippen molar-refractivity contribution >= 4 is 17.4 Å². The number of fused-ring (bicyclic) bond motifs is 2. The zero-order chi connectivity index (χ0) is 24.5. The molecule has 0 radical (unpaired) electrons. The second-order valence-electron chi connectivity index (χ2n) is 9.39. The maximum absolute atomic E-state index is 13.2. The highest BCUT2D eigenvalue weighted by Crippen LogP contribution is 2.33. The SMILES string of the molecule is Cc1cnn2c(NCc3cccnc3)cc(C3CCCN(C(=O)Cc4ccc5c(c4)OCO5)C3)nc12. The molecule has 2 aliphatic heterocycles. The summed E-state index contributed by atoms with van der Waals surface area (Å²) in [5.41, 5.74) is 4.87. The smallest absolute Gasteiger partial charge is 0.231 e. The van der Waals surface area contributed by atoms with Crippen molar-refractivity contribution in [2.45, 2.75) is 38.6 Å². The number of aryl methyl sites for hydroxylation is 1. The van der Waals surface area contributed by atoms with Crippen molar-refractivity contribution in [3.63, 3.8) is 0 Å². The highest BCUT2D eigenvalue weighted by molar-refractivity contribution is 5.79. The molecule has 1 aromatic carbocycles. The maximum atomic E-state index is 13.2. The van der Waals surface area contributed by atoms with Crippen molar-refractivity contribution in [2.24, 2.45) is 0 Å². The number of carbonyl (C=O) groups excluding carboxylic acids is 1. The lowest BCUT2D eigenvalue weighted by molar-refractivity contribution is -0.131. The standard InChI is InChI=1S/C27H28N6O3/c1-18-13-30-33-25(29-15-20-4-2-8-28-14-20)12-22(31-27(18)33)21-5-3-9-32(16-21)26(34)11-19-6-7-23-24(10-19)36-17-35-23/h2,4,6-8,10,12-14,21,29H,3,5,9,11,15-17H2,1H3. The fourth-order valence-corrected chi connectivity index (χ4v) is 4.90. The van der Waals surface area contributed by atoms with Crippen molar-refractivity contribution in [2.75, 3.05) is 25.2 Å². The lowest BCUT2D eigenvalue weighted by Gasteiger charge is -2.33. The molecule has 3 aromatic heterocycles. The van der Waals surface area contributed by atoms with Gasteiger partial charge in [-0.2, -0.15) is 9.61 Å². The zero-order valence-corrected chi connectivity index (χ0v) is 20.2. The molecule has 9 nitrogen and oxygen atoms in total. The minimum absolute atomic E-state index is 0.120. The van der Waals surface area contributed by atoms with Crippen molar-refractivity contribution in [3.8, 4) is 11.5 Å². The molecule has 0 aliphatic carbocycles. The highest BCUT2D eigenvalue weighted by atomic mass is 16.7. The average molecular weight is 485 g/mol. The predicted molar refractivity (Wildman–Crippen MR) is 134 cm³/mol. The van der Waals surface area contributed by atoms with Crippen LogP contribution in [0.1, 0.15) is 41.1 Å².